The van der Waals surface area contributed by atoms with Gasteiger partial charge in [-0.2, -0.15) is 0 Å². The predicted octanol–water partition coefficient (Wildman–Crippen LogP) is 3.14. The fourth-order valence-electron chi connectivity index (χ4n) is 3.57. The van der Waals surface area contributed by atoms with Gasteiger partial charge in [-0.05, 0) is 31.6 Å². The molecule has 2 fully saturated rings. The van der Waals surface area contributed by atoms with Gasteiger partial charge in [-0.15, -0.1) is 0 Å². The molecule has 0 N–H and O–H groups in total. The second-order valence-corrected chi connectivity index (χ2v) is 6.11. The number of benzene rings is 1. The standard InChI is InChI=1S/C16H21FN2O4/c1-22-16-10-13(14(19(20)21)9-12(16)17)18-6-4-11(5-7-18)15-3-2-8-23-15/h9-11,15H,2-8H2,1H3. The maximum absolute atomic E-state index is 13.8. The van der Waals surface area contributed by atoms with E-state index in [2.05, 4.69) is 0 Å². The van der Waals surface area contributed by atoms with Crippen LogP contribution in [-0.2, 0) is 4.74 Å². The molecule has 1 aromatic carbocycles. The molecule has 6 nitrogen and oxygen atoms in total. The van der Waals surface area contributed by atoms with Crippen LogP contribution in [-0.4, -0.2) is 37.8 Å². The molecule has 7 heteroatoms. The van der Waals surface area contributed by atoms with Gasteiger partial charge in [0, 0.05) is 25.8 Å². The second kappa shape index (κ2) is 6.70. The maximum atomic E-state index is 13.8. The number of ether oxygens (including phenoxy) is 2. The van der Waals surface area contributed by atoms with Crippen LogP contribution in [0.5, 0.6) is 5.75 Å². The van der Waals surface area contributed by atoms with E-state index in [9.17, 15) is 14.5 Å². The largest absolute Gasteiger partial charge is 0.494 e. The molecule has 1 unspecified atom stereocenters. The Labute approximate surface area is 134 Å². The van der Waals surface area contributed by atoms with Crippen molar-refractivity contribution in [3.05, 3.63) is 28.1 Å². The zero-order chi connectivity index (χ0) is 16.4. The third-order valence-electron chi connectivity index (χ3n) is 4.82. The highest BCUT2D eigenvalue weighted by Crippen LogP contribution is 2.37. The van der Waals surface area contributed by atoms with Crippen LogP contribution in [0.25, 0.3) is 0 Å². The van der Waals surface area contributed by atoms with Gasteiger partial charge < -0.3 is 14.4 Å². The van der Waals surface area contributed by atoms with E-state index in [1.165, 1.54) is 13.2 Å². The molecule has 23 heavy (non-hydrogen) atoms. The fraction of sp³-hybridized carbons (Fsp3) is 0.625. The molecular weight excluding hydrogens is 303 g/mol. The summed E-state index contributed by atoms with van der Waals surface area (Å²) >= 11 is 0. The molecule has 0 saturated carbocycles. The molecule has 0 radical (unpaired) electrons. The van der Waals surface area contributed by atoms with Gasteiger partial charge in [0.1, 0.15) is 5.69 Å². The normalized spacial score (nSPS) is 22.3. The van der Waals surface area contributed by atoms with Gasteiger partial charge >= 0.3 is 0 Å². The molecule has 0 aromatic heterocycles. The van der Waals surface area contributed by atoms with Crippen LogP contribution in [0.2, 0.25) is 0 Å². The van der Waals surface area contributed by atoms with Gasteiger partial charge in [-0.25, -0.2) is 4.39 Å². The van der Waals surface area contributed by atoms with Crippen molar-refractivity contribution in [1.29, 1.82) is 0 Å². The topological polar surface area (TPSA) is 64.8 Å². The van der Waals surface area contributed by atoms with E-state index < -0.39 is 10.7 Å². The van der Waals surface area contributed by atoms with Crippen molar-refractivity contribution >= 4 is 11.4 Å². The molecule has 126 valence electrons. The quantitative estimate of drug-likeness (QED) is 0.629. The number of hydrogen-bond donors (Lipinski definition) is 0. The fourth-order valence-corrected chi connectivity index (χ4v) is 3.57. The van der Waals surface area contributed by atoms with Crippen molar-refractivity contribution in [2.75, 3.05) is 31.7 Å². The van der Waals surface area contributed by atoms with E-state index in [-0.39, 0.29) is 11.4 Å². The van der Waals surface area contributed by atoms with Gasteiger partial charge in [0.2, 0.25) is 0 Å². The summed E-state index contributed by atoms with van der Waals surface area (Å²) in [5.74, 6) is -0.167. The second-order valence-electron chi connectivity index (χ2n) is 6.11. The Morgan fingerprint density at radius 2 is 2.09 bits per heavy atom. The Morgan fingerprint density at radius 3 is 2.65 bits per heavy atom. The van der Waals surface area contributed by atoms with Crippen molar-refractivity contribution in [3.8, 4) is 5.75 Å². The minimum atomic E-state index is -0.711. The molecule has 0 amide bonds. The Balaban J connectivity index is 1.77. The van der Waals surface area contributed by atoms with Gasteiger partial charge in [0.15, 0.2) is 11.6 Å². The highest BCUT2D eigenvalue weighted by molar-refractivity contribution is 5.66. The number of hydrogen-bond acceptors (Lipinski definition) is 5. The van der Waals surface area contributed by atoms with Crippen LogP contribution < -0.4 is 9.64 Å². The summed E-state index contributed by atoms with van der Waals surface area (Å²) in [5, 5.41) is 11.2. The smallest absolute Gasteiger partial charge is 0.295 e. The molecular formula is C16H21FN2O4. The van der Waals surface area contributed by atoms with E-state index in [1.54, 1.807) is 0 Å². The number of piperidine rings is 1. The molecule has 2 saturated heterocycles. The van der Waals surface area contributed by atoms with Crippen molar-refractivity contribution in [1.82, 2.24) is 0 Å². The average Bonchev–Trinajstić information content (AvgIpc) is 3.09. The highest BCUT2D eigenvalue weighted by Gasteiger charge is 2.32. The lowest BCUT2D eigenvalue weighted by molar-refractivity contribution is -0.384. The number of nitro benzene ring substituents is 1. The first-order valence-corrected chi connectivity index (χ1v) is 7.98. The first-order chi connectivity index (χ1) is 11.1. The zero-order valence-corrected chi connectivity index (χ0v) is 13.2. The van der Waals surface area contributed by atoms with E-state index in [4.69, 9.17) is 9.47 Å². The first kappa shape index (κ1) is 16.0. The summed E-state index contributed by atoms with van der Waals surface area (Å²) < 4.78 is 24.5. The van der Waals surface area contributed by atoms with Crippen molar-refractivity contribution in [3.63, 3.8) is 0 Å². The summed E-state index contributed by atoms with van der Waals surface area (Å²) in [6.07, 6.45) is 4.42. The Hall–Kier alpha value is -1.89. The first-order valence-electron chi connectivity index (χ1n) is 7.98. The lowest BCUT2D eigenvalue weighted by Crippen LogP contribution is -2.38. The number of rotatable bonds is 4. The summed E-state index contributed by atoms with van der Waals surface area (Å²) in [4.78, 5) is 12.7. The monoisotopic (exact) mass is 324 g/mol. The molecule has 2 heterocycles. The number of halogens is 1. The highest BCUT2D eigenvalue weighted by atomic mass is 19.1. The molecule has 0 aliphatic carbocycles. The predicted molar refractivity (Wildman–Crippen MR) is 83.5 cm³/mol. The number of methoxy groups -OCH3 is 1. The van der Waals surface area contributed by atoms with E-state index >= 15 is 0 Å². The maximum Gasteiger partial charge on any atom is 0.295 e. The van der Waals surface area contributed by atoms with Crippen LogP contribution in [0.3, 0.4) is 0 Å². The number of nitrogens with zero attached hydrogens (tertiary/aromatic N) is 2. The summed E-state index contributed by atoms with van der Waals surface area (Å²) in [6.45, 7) is 2.26. The molecule has 1 atom stereocenters. The van der Waals surface area contributed by atoms with E-state index in [1.807, 2.05) is 4.90 Å². The minimum absolute atomic E-state index is 0.0341. The number of anilines is 1. The Bertz CT molecular complexity index is 582. The number of nitro groups is 1. The molecule has 2 aliphatic heterocycles. The SMILES string of the molecule is COc1cc(N2CCC(C3CCCO3)CC2)c([N+](=O)[O-])cc1F. The van der Waals surface area contributed by atoms with Crippen molar-refractivity contribution in [2.45, 2.75) is 31.8 Å². The minimum Gasteiger partial charge on any atom is -0.494 e. The van der Waals surface area contributed by atoms with Crippen LogP contribution in [0.15, 0.2) is 12.1 Å². The average molecular weight is 324 g/mol. The van der Waals surface area contributed by atoms with Crippen molar-refractivity contribution < 1.29 is 18.8 Å². The molecule has 1 aromatic rings. The van der Waals surface area contributed by atoms with Crippen LogP contribution in [0.4, 0.5) is 15.8 Å². The van der Waals surface area contributed by atoms with Gasteiger partial charge in [0.05, 0.1) is 24.2 Å². The van der Waals surface area contributed by atoms with Gasteiger partial charge in [-0.1, -0.05) is 0 Å². The third kappa shape index (κ3) is 3.24. The van der Waals surface area contributed by atoms with E-state index in [0.29, 0.717) is 30.8 Å². The summed E-state index contributed by atoms with van der Waals surface area (Å²) in [6, 6.07) is 2.38. The van der Waals surface area contributed by atoms with E-state index in [0.717, 1.165) is 38.4 Å². The van der Waals surface area contributed by atoms with Gasteiger partial charge in [-0.3, -0.25) is 10.1 Å². The van der Waals surface area contributed by atoms with Crippen LogP contribution in [0.1, 0.15) is 25.7 Å². The summed E-state index contributed by atoms with van der Waals surface area (Å²) in [5.41, 5.74) is 0.220. The lowest BCUT2D eigenvalue weighted by Gasteiger charge is -2.35. The third-order valence-corrected chi connectivity index (χ3v) is 4.82. The van der Waals surface area contributed by atoms with Crippen LogP contribution in [0, 0.1) is 21.8 Å². The Morgan fingerprint density at radius 1 is 1.35 bits per heavy atom. The Kier molecular flexibility index (Phi) is 4.66. The zero-order valence-electron chi connectivity index (χ0n) is 13.2. The van der Waals surface area contributed by atoms with Crippen LogP contribution >= 0.6 is 0 Å². The molecule has 2 aliphatic rings. The van der Waals surface area contributed by atoms with Crippen molar-refractivity contribution in [2.24, 2.45) is 5.92 Å². The molecule has 3 rings (SSSR count). The molecule has 0 bridgehead atoms. The molecule has 0 spiro atoms. The summed E-state index contributed by atoms with van der Waals surface area (Å²) in [7, 11) is 1.36. The lowest BCUT2D eigenvalue weighted by atomic mass is 9.89. The van der Waals surface area contributed by atoms with Gasteiger partial charge in [0.25, 0.3) is 5.69 Å².